The van der Waals surface area contributed by atoms with Crippen molar-refractivity contribution in [1.29, 1.82) is 0 Å². The van der Waals surface area contributed by atoms with E-state index in [4.69, 9.17) is 29.6 Å². The van der Waals surface area contributed by atoms with Crippen molar-refractivity contribution in [1.82, 2.24) is 19.9 Å². The molecule has 9 heteroatoms. The second-order valence-electron chi connectivity index (χ2n) is 7.68. The molecule has 0 unspecified atom stereocenters. The Morgan fingerprint density at radius 2 is 1.85 bits per heavy atom. The minimum absolute atomic E-state index is 0.199. The summed E-state index contributed by atoms with van der Waals surface area (Å²) in [6.07, 6.45) is 1.56. The molecule has 0 saturated heterocycles. The minimum atomic E-state index is -0.345. The van der Waals surface area contributed by atoms with Crippen molar-refractivity contribution in [3.63, 3.8) is 0 Å². The van der Waals surface area contributed by atoms with Crippen molar-refractivity contribution in [3.05, 3.63) is 77.7 Å². The van der Waals surface area contributed by atoms with Crippen LogP contribution in [0.5, 0.6) is 11.5 Å². The van der Waals surface area contributed by atoms with E-state index in [9.17, 15) is 4.79 Å². The van der Waals surface area contributed by atoms with Crippen molar-refractivity contribution in [2.45, 2.75) is 13.1 Å². The van der Waals surface area contributed by atoms with Gasteiger partial charge in [-0.2, -0.15) is 0 Å². The summed E-state index contributed by atoms with van der Waals surface area (Å²) in [5.41, 5.74) is 10.1. The van der Waals surface area contributed by atoms with Gasteiger partial charge in [-0.25, -0.2) is 9.97 Å². The molecule has 4 heterocycles. The predicted molar refractivity (Wildman–Crippen MR) is 121 cm³/mol. The van der Waals surface area contributed by atoms with E-state index < -0.39 is 0 Å². The molecule has 0 radical (unpaired) electrons. The maximum Gasteiger partial charge on any atom is 0.257 e. The second kappa shape index (κ2) is 7.56. The highest BCUT2D eigenvalue weighted by Gasteiger charge is 2.24. The van der Waals surface area contributed by atoms with Crippen LogP contribution in [-0.4, -0.2) is 27.2 Å². The molecule has 0 saturated carbocycles. The Balaban J connectivity index is 1.45. The Morgan fingerprint density at radius 3 is 2.67 bits per heavy atom. The number of nitrogen functional groups attached to an aromatic ring is 1. The number of carbonyl (C=O) groups excluding carboxylic acids is 1. The van der Waals surface area contributed by atoms with Gasteiger partial charge < -0.3 is 29.5 Å². The van der Waals surface area contributed by atoms with Gasteiger partial charge in [-0.1, -0.05) is 18.2 Å². The third-order valence-corrected chi connectivity index (χ3v) is 5.60. The topological polar surface area (TPSA) is 117 Å². The molecule has 9 nitrogen and oxygen atoms in total. The molecule has 33 heavy (non-hydrogen) atoms. The van der Waals surface area contributed by atoms with Gasteiger partial charge in [0.2, 0.25) is 6.79 Å². The van der Waals surface area contributed by atoms with Crippen LogP contribution in [0.2, 0.25) is 0 Å². The van der Waals surface area contributed by atoms with Crippen LogP contribution < -0.4 is 20.5 Å². The first-order chi connectivity index (χ1) is 16.2. The van der Waals surface area contributed by atoms with E-state index in [2.05, 4.69) is 5.32 Å². The number of hydrogen-bond acceptors (Lipinski definition) is 7. The molecule has 5 aromatic rings. The summed E-state index contributed by atoms with van der Waals surface area (Å²) >= 11 is 0. The lowest BCUT2D eigenvalue weighted by Crippen LogP contribution is -2.23. The maximum absolute atomic E-state index is 13.2. The SMILES string of the molecule is Nc1c(C(=O)NCc2ccco2)c2nc3ccccc3nc2n1Cc1ccc2c(c1)OCO2. The molecule has 1 aliphatic rings. The van der Waals surface area contributed by atoms with Gasteiger partial charge in [0, 0.05) is 0 Å². The number of para-hydroxylation sites is 2. The smallest absolute Gasteiger partial charge is 0.257 e. The van der Waals surface area contributed by atoms with E-state index in [0.29, 0.717) is 40.5 Å². The number of nitrogens with one attached hydrogen (secondary N) is 1. The Morgan fingerprint density at radius 1 is 1.03 bits per heavy atom. The lowest BCUT2D eigenvalue weighted by molar-refractivity contribution is 0.0950. The number of furan rings is 1. The summed E-state index contributed by atoms with van der Waals surface area (Å²) in [4.78, 5) is 22.7. The molecule has 0 bridgehead atoms. The van der Waals surface area contributed by atoms with Gasteiger partial charge in [0.25, 0.3) is 5.91 Å². The zero-order chi connectivity index (χ0) is 22.4. The summed E-state index contributed by atoms with van der Waals surface area (Å²) in [5.74, 6) is 1.96. The molecular weight excluding hydrogens is 422 g/mol. The third-order valence-electron chi connectivity index (χ3n) is 5.60. The standard InChI is InChI=1S/C24H19N5O4/c25-22-20(24(30)26-11-15-4-3-9-31-15)21-23(28-17-6-2-1-5-16(17)27-21)29(22)12-14-7-8-18-19(10-14)33-13-32-18/h1-10H,11-13,25H2,(H,26,30). The molecule has 3 aromatic heterocycles. The molecule has 164 valence electrons. The predicted octanol–water partition coefficient (Wildman–Crippen LogP) is 3.47. The maximum atomic E-state index is 13.2. The zero-order valence-corrected chi connectivity index (χ0v) is 17.4. The van der Waals surface area contributed by atoms with Crippen LogP contribution in [0.4, 0.5) is 5.82 Å². The molecule has 0 atom stereocenters. The summed E-state index contributed by atoms with van der Waals surface area (Å²) in [7, 11) is 0. The number of nitrogens with two attached hydrogens (primary N) is 1. The third kappa shape index (κ3) is 3.30. The van der Waals surface area contributed by atoms with Crippen LogP contribution in [0.25, 0.3) is 22.2 Å². The molecule has 2 aromatic carbocycles. The normalized spacial score (nSPS) is 12.5. The lowest BCUT2D eigenvalue weighted by Gasteiger charge is -2.09. The number of amides is 1. The fraction of sp³-hybridized carbons (Fsp3) is 0.125. The fourth-order valence-corrected chi connectivity index (χ4v) is 3.99. The number of carbonyl (C=O) groups is 1. The first kappa shape index (κ1) is 19.2. The van der Waals surface area contributed by atoms with Crippen molar-refractivity contribution < 1.29 is 18.7 Å². The molecule has 0 spiro atoms. The summed E-state index contributed by atoms with van der Waals surface area (Å²) < 4.78 is 18.0. The van der Waals surface area contributed by atoms with Crippen LogP contribution in [0, 0.1) is 0 Å². The number of anilines is 1. The Hall–Kier alpha value is -4.53. The largest absolute Gasteiger partial charge is 0.467 e. The molecule has 3 N–H and O–H groups in total. The van der Waals surface area contributed by atoms with Crippen LogP contribution in [0.3, 0.4) is 0 Å². The summed E-state index contributed by atoms with van der Waals surface area (Å²) in [6, 6.07) is 16.8. The van der Waals surface area contributed by atoms with E-state index >= 15 is 0 Å². The monoisotopic (exact) mass is 441 g/mol. The number of fused-ring (bicyclic) bond motifs is 3. The first-order valence-electron chi connectivity index (χ1n) is 10.4. The Kier molecular flexibility index (Phi) is 4.39. The number of hydrogen-bond donors (Lipinski definition) is 2. The van der Waals surface area contributed by atoms with Gasteiger partial charge in [0.05, 0.1) is 30.4 Å². The first-order valence-corrected chi connectivity index (χ1v) is 10.4. The summed E-state index contributed by atoms with van der Waals surface area (Å²) in [6.45, 7) is 0.823. The molecule has 0 aliphatic carbocycles. The van der Waals surface area contributed by atoms with Crippen LogP contribution in [-0.2, 0) is 13.1 Å². The summed E-state index contributed by atoms with van der Waals surface area (Å²) in [5, 5.41) is 2.86. The van der Waals surface area contributed by atoms with E-state index in [1.54, 1.807) is 23.0 Å². The van der Waals surface area contributed by atoms with Gasteiger partial charge in [0.1, 0.15) is 22.7 Å². The van der Waals surface area contributed by atoms with Crippen molar-refractivity contribution >= 4 is 33.9 Å². The minimum Gasteiger partial charge on any atom is -0.467 e. The van der Waals surface area contributed by atoms with Gasteiger partial charge in [-0.15, -0.1) is 0 Å². The molecule has 1 amide bonds. The number of nitrogens with zero attached hydrogens (tertiary/aromatic N) is 3. The highest BCUT2D eigenvalue weighted by atomic mass is 16.7. The van der Waals surface area contributed by atoms with E-state index in [-0.39, 0.29) is 30.6 Å². The number of ether oxygens (including phenoxy) is 2. The van der Waals surface area contributed by atoms with Crippen molar-refractivity contribution in [2.24, 2.45) is 0 Å². The quantitative estimate of drug-likeness (QED) is 0.429. The Bertz CT molecular complexity index is 1510. The van der Waals surface area contributed by atoms with Gasteiger partial charge in [-0.05, 0) is 42.0 Å². The average Bonchev–Trinajstić information content (AvgIpc) is 3.57. The van der Waals surface area contributed by atoms with Crippen molar-refractivity contribution in [3.8, 4) is 11.5 Å². The molecule has 6 rings (SSSR count). The molecular formula is C24H19N5O4. The van der Waals surface area contributed by atoms with Crippen LogP contribution >= 0.6 is 0 Å². The van der Waals surface area contributed by atoms with Crippen LogP contribution in [0.1, 0.15) is 21.7 Å². The Labute approximate surface area is 187 Å². The van der Waals surface area contributed by atoms with E-state index in [1.165, 1.54) is 0 Å². The number of aromatic nitrogens is 3. The highest BCUT2D eigenvalue weighted by molar-refractivity contribution is 6.10. The molecule has 0 fully saturated rings. The van der Waals surface area contributed by atoms with Crippen LogP contribution in [0.15, 0.2) is 65.3 Å². The lowest BCUT2D eigenvalue weighted by atomic mass is 10.2. The molecule has 1 aliphatic heterocycles. The van der Waals surface area contributed by atoms with Crippen molar-refractivity contribution in [2.75, 3.05) is 12.5 Å². The highest BCUT2D eigenvalue weighted by Crippen LogP contribution is 2.34. The zero-order valence-electron chi connectivity index (χ0n) is 17.4. The average molecular weight is 441 g/mol. The number of rotatable bonds is 5. The second-order valence-corrected chi connectivity index (χ2v) is 7.68. The van der Waals surface area contributed by atoms with Gasteiger partial charge in [0.15, 0.2) is 17.1 Å². The fourth-order valence-electron chi connectivity index (χ4n) is 3.99. The van der Waals surface area contributed by atoms with E-state index in [0.717, 1.165) is 11.1 Å². The van der Waals surface area contributed by atoms with Gasteiger partial charge >= 0.3 is 0 Å². The van der Waals surface area contributed by atoms with E-state index in [1.807, 2.05) is 42.5 Å². The van der Waals surface area contributed by atoms with Gasteiger partial charge in [-0.3, -0.25) is 4.79 Å². The number of benzene rings is 2.